The summed E-state index contributed by atoms with van der Waals surface area (Å²) in [6.07, 6.45) is 2.21. The molecule has 4 heteroatoms. The minimum atomic E-state index is 0.105. The van der Waals surface area contributed by atoms with Gasteiger partial charge in [0.25, 0.3) is 0 Å². The van der Waals surface area contributed by atoms with Crippen LogP contribution in [0.25, 0.3) is 0 Å². The molecule has 0 aliphatic rings. The van der Waals surface area contributed by atoms with E-state index in [1.807, 2.05) is 26.0 Å². The number of hydrogen-bond acceptors (Lipinski definition) is 2. The maximum absolute atomic E-state index is 11.5. The van der Waals surface area contributed by atoms with E-state index in [1.165, 1.54) is 7.11 Å². The molecule has 1 rings (SSSR count). The Kier molecular flexibility index (Phi) is 5.97. The molecule has 2 nitrogen and oxygen atoms in total. The number of halogens is 2. The van der Waals surface area contributed by atoms with Crippen LogP contribution in [0.4, 0.5) is 0 Å². The number of ketones is 1. The Balaban J connectivity index is 2.61. The summed E-state index contributed by atoms with van der Waals surface area (Å²) in [5.74, 6) is 0.897. The molecule has 18 heavy (non-hydrogen) atoms. The molecule has 0 bridgehead atoms. The summed E-state index contributed by atoms with van der Waals surface area (Å²) in [4.78, 5) is 11.5. The summed E-state index contributed by atoms with van der Waals surface area (Å²) in [6, 6.07) is 3.68. The van der Waals surface area contributed by atoms with Gasteiger partial charge in [0.1, 0.15) is 5.78 Å². The Labute approximate surface area is 118 Å². The molecule has 0 aliphatic carbocycles. The molecule has 0 saturated heterocycles. The Bertz CT molecular complexity index is 405. The first-order valence-corrected chi connectivity index (χ1v) is 6.76. The van der Waals surface area contributed by atoms with Crippen molar-refractivity contribution in [1.29, 1.82) is 0 Å². The first kappa shape index (κ1) is 15.3. The number of carbonyl (C=O) groups excluding carboxylic acids is 1. The molecule has 0 spiro atoms. The number of rotatable bonds is 6. The average Bonchev–Trinajstić information content (AvgIpc) is 2.28. The van der Waals surface area contributed by atoms with Crippen LogP contribution in [-0.4, -0.2) is 12.9 Å². The molecular weight excluding hydrogens is 271 g/mol. The Hall–Kier alpha value is -0.730. The van der Waals surface area contributed by atoms with Crippen molar-refractivity contribution in [3.63, 3.8) is 0 Å². The average molecular weight is 289 g/mol. The Morgan fingerprint density at radius 1 is 1.28 bits per heavy atom. The van der Waals surface area contributed by atoms with E-state index in [4.69, 9.17) is 27.9 Å². The summed E-state index contributed by atoms with van der Waals surface area (Å²) >= 11 is 12.1. The number of aryl methyl sites for hydroxylation is 1. The van der Waals surface area contributed by atoms with Crippen LogP contribution in [0.3, 0.4) is 0 Å². The molecular formula is C14H18Cl2O2. The van der Waals surface area contributed by atoms with Crippen LogP contribution in [0.2, 0.25) is 10.0 Å². The van der Waals surface area contributed by atoms with Crippen molar-refractivity contribution in [2.75, 3.05) is 7.11 Å². The second-order valence-corrected chi connectivity index (χ2v) is 5.38. The van der Waals surface area contributed by atoms with Crippen molar-refractivity contribution in [2.45, 2.75) is 33.1 Å². The fourth-order valence-corrected chi connectivity index (χ4v) is 2.39. The van der Waals surface area contributed by atoms with Gasteiger partial charge in [-0.15, -0.1) is 0 Å². The largest absolute Gasteiger partial charge is 0.494 e. The van der Waals surface area contributed by atoms with Crippen LogP contribution in [0.1, 0.15) is 32.3 Å². The predicted octanol–water partition coefficient (Wildman–Crippen LogP) is 4.55. The number of ether oxygens (including phenoxy) is 1. The Morgan fingerprint density at radius 3 is 2.28 bits per heavy atom. The summed E-state index contributed by atoms with van der Waals surface area (Å²) in [5.41, 5.74) is 1.03. The van der Waals surface area contributed by atoms with Gasteiger partial charge in [0.15, 0.2) is 5.75 Å². The lowest BCUT2D eigenvalue weighted by atomic mass is 10.0. The van der Waals surface area contributed by atoms with Gasteiger partial charge in [-0.3, -0.25) is 4.79 Å². The predicted molar refractivity (Wildman–Crippen MR) is 75.8 cm³/mol. The van der Waals surface area contributed by atoms with Crippen LogP contribution in [-0.2, 0) is 11.2 Å². The van der Waals surface area contributed by atoms with E-state index in [9.17, 15) is 4.79 Å². The van der Waals surface area contributed by atoms with Gasteiger partial charge >= 0.3 is 0 Å². The van der Waals surface area contributed by atoms with Gasteiger partial charge in [-0.1, -0.05) is 37.0 Å². The zero-order valence-electron chi connectivity index (χ0n) is 10.9. The van der Waals surface area contributed by atoms with Crippen LogP contribution < -0.4 is 4.74 Å². The van der Waals surface area contributed by atoms with Crippen molar-refractivity contribution < 1.29 is 9.53 Å². The Morgan fingerprint density at radius 2 is 1.83 bits per heavy atom. The lowest BCUT2D eigenvalue weighted by molar-refractivity contribution is -0.121. The highest BCUT2D eigenvalue weighted by molar-refractivity contribution is 6.37. The molecule has 1 aromatic carbocycles. The van der Waals surface area contributed by atoms with Crippen LogP contribution >= 0.6 is 23.2 Å². The molecule has 0 heterocycles. The molecule has 100 valence electrons. The highest BCUT2D eigenvalue weighted by atomic mass is 35.5. The quantitative estimate of drug-likeness (QED) is 0.768. The second-order valence-electron chi connectivity index (χ2n) is 4.57. The zero-order chi connectivity index (χ0) is 13.7. The van der Waals surface area contributed by atoms with E-state index in [0.717, 1.165) is 18.4 Å². The summed E-state index contributed by atoms with van der Waals surface area (Å²) in [7, 11) is 1.54. The van der Waals surface area contributed by atoms with Gasteiger partial charge in [0, 0.05) is 12.3 Å². The van der Waals surface area contributed by atoms with Crippen LogP contribution in [0, 0.1) is 5.92 Å². The highest BCUT2D eigenvalue weighted by Gasteiger charge is 2.10. The molecule has 0 aliphatic heterocycles. The SMILES string of the molecule is COc1c(Cl)cc(CCCC(=O)C(C)C)cc1Cl. The van der Waals surface area contributed by atoms with Crippen molar-refractivity contribution in [2.24, 2.45) is 5.92 Å². The van der Waals surface area contributed by atoms with E-state index >= 15 is 0 Å². The molecule has 0 amide bonds. The number of benzene rings is 1. The normalized spacial score (nSPS) is 10.8. The van der Waals surface area contributed by atoms with E-state index in [-0.39, 0.29) is 5.92 Å². The van der Waals surface area contributed by atoms with Crippen LogP contribution in [0.15, 0.2) is 12.1 Å². The van der Waals surface area contributed by atoms with Gasteiger partial charge in [0.2, 0.25) is 0 Å². The van der Waals surface area contributed by atoms with Gasteiger partial charge in [0.05, 0.1) is 17.2 Å². The van der Waals surface area contributed by atoms with E-state index < -0.39 is 0 Å². The molecule has 1 aromatic rings. The lowest BCUT2D eigenvalue weighted by Crippen LogP contribution is -2.06. The molecule has 0 saturated carbocycles. The lowest BCUT2D eigenvalue weighted by Gasteiger charge is -2.09. The van der Waals surface area contributed by atoms with Crippen molar-refractivity contribution in [3.05, 3.63) is 27.7 Å². The summed E-state index contributed by atoms with van der Waals surface area (Å²) < 4.78 is 5.09. The third-order valence-corrected chi connectivity index (χ3v) is 3.36. The highest BCUT2D eigenvalue weighted by Crippen LogP contribution is 2.34. The fraction of sp³-hybridized carbons (Fsp3) is 0.500. The topological polar surface area (TPSA) is 26.3 Å². The van der Waals surface area contributed by atoms with Crippen molar-refractivity contribution >= 4 is 29.0 Å². The number of methoxy groups -OCH3 is 1. The van der Waals surface area contributed by atoms with E-state index in [2.05, 4.69) is 0 Å². The molecule has 0 atom stereocenters. The smallest absolute Gasteiger partial charge is 0.156 e. The first-order valence-electron chi connectivity index (χ1n) is 6.00. The molecule has 0 aromatic heterocycles. The minimum absolute atomic E-state index is 0.105. The fourth-order valence-electron chi connectivity index (χ4n) is 1.71. The van der Waals surface area contributed by atoms with E-state index in [1.54, 1.807) is 0 Å². The van der Waals surface area contributed by atoms with Crippen LogP contribution in [0.5, 0.6) is 5.75 Å². The molecule has 0 N–H and O–H groups in total. The van der Waals surface area contributed by atoms with Crippen molar-refractivity contribution in [1.82, 2.24) is 0 Å². The third kappa shape index (κ3) is 4.18. The number of carbonyl (C=O) groups is 1. The molecule has 0 radical (unpaired) electrons. The van der Waals surface area contributed by atoms with Gasteiger partial charge in [-0.05, 0) is 30.5 Å². The van der Waals surface area contributed by atoms with Gasteiger partial charge in [-0.25, -0.2) is 0 Å². The van der Waals surface area contributed by atoms with Gasteiger partial charge < -0.3 is 4.74 Å². The number of hydrogen-bond donors (Lipinski definition) is 0. The second kappa shape index (κ2) is 7.01. The monoisotopic (exact) mass is 288 g/mol. The van der Waals surface area contributed by atoms with Gasteiger partial charge in [-0.2, -0.15) is 0 Å². The van der Waals surface area contributed by atoms with E-state index in [0.29, 0.717) is 28.0 Å². The molecule has 0 unspecified atom stereocenters. The summed E-state index contributed by atoms with van der Waals surface area (Å²) in [6.45, 7) is 3.84. The standard InChI is InChI=1S/C14H18Cl2O2/c1-9(2)13(17)6-4-5-10-7-11(15)14(18-3)12(16)8-10/h7-9H,4-6H2,1-3H3. The maximum Gasteiger partial charge on any atom is 0.156 e. The summed E-state index contributed by atoms with van der Waals surface area (Å²) in [5, 5.41) is 1.02. The third-order valence-electron chi connectivity index (χ3n) is 2.79. The minimum Gasteiger partial charge on any atom is -0.494 e. The molecule has 0 fully saturated rings. The maximum atomic E-state index is 11.5. The first-order chi connectivity index (χ1) is 8.45. The zero-order valence-corrected chi connectivity index (χ0v) is 12.4. The van der Waals surface area contributed by atoms with Crippen molar-refractivity contribution in [3.8, 4) is 5.75 Å². The number of Topliss-reactive ketones (excluding diaryl/α,β-unsaturated/α-hetero) is 1.